The summed E-state index contributed by atoms with van der Waals surface area (Å²) >= 11 is 0. The van der Waals surface area contributed by atoms with Crippen LogP contribution in [0.25, 0.3) is 0 Å². The molecule has 42 valence electrons. The highest BCUT2D eigenvalue weighted by atomic mass is 16.5. The standard InChI is InChI=1S/C5H11NO/c1-5(6-2)4-7-3/h4H2,1-3H3/b6-5-. The molecule has 0 spiro atoms. The third kappa shape index (κ3) is 3.46. The van der Waals surface area contributed by atoms with Crippen molar-refractivity contribution in [2.24, 2.45) is 4.99 Å². The first-order valence-electron chi connectivity index (χ1n) is 2.22. The lowest BCUT2D eigenvalue weighted by molar-refractivity contribution is 0.245. The van der Waals surface area contributed by atoms with Crippen LogP contribution < -0.4 is 0 Å². The number of nitrogens with zero attached hydrogens (tertiary/aromatic N) is 1. The molecule has 0 aliphatic rings. The fourth-order valence-corrected chi connectivity index (χ4v) is 0.273. The maximum absolute atomic E-state index is 4.76. The second kappa shape index (κ2) is 3.81. The Morgan fingerprint density at radius 1 is 1.71 bits per heavy atom. The van der Waals surface area contributed by atoms with Gasteiger partial charge in [-0.1, -0.05) is 0 Å². The van der Waals surface area contributed by atoms with E-state index < -0.39 is 0 Å². The van der Waals surface area contributed by atoms with Gasteiger partial charge >= 0.3 is 0 Å². The van der Waals surface area contributed by atoms with E-state index in [0.29, 0.717) is 6.61 Å². The van der Waals surface area contributed by atoms with Crippen molar-refractivity contribution in [3.8, 4) is 0 Å². The average Bonchev–Trinajstić information content (AvgIpc) is 1.68. The molecule has 0 rings (SSSR count). The second-order valence-corrected chi connectivity index (χ2v) is 1.39. The molecule has 0 N–H and O–H groups in total. The third-order valence-corrected chi connectivity index (χ3v) is 0.735. The molecule has 0 saturated carbocycles. The molecule has 0 unspecified atom stereocenters. The zero-order valence-electron chi connectivity index (χ0n) is 5.06. The number of hydrogen-bond donors (Lipinski definition) is 0. The summed E-state index contributed by atoms with van der Waals surface area (Å²) in [5.74, 6) is 0. The fourth-order valence-electron chi connectivity index (χ4n) is 0.273. The van der Waals surface area contributed by atoms with Gasteiger partial charge in [-0.3, -0.25) is 4.99 Å². The summed E-state index contributed by atoms with van der Waals surface area (Å²) in [7, 11) is 3.42. The smallest absolute Gasteiger partial charge is 0.0837 e. The van der Waals surface area contributed by atoms with E-state index in [1.54, 1.807) is 14.2 Å². The van der Waals surface area contributed by atoms with Gasteiger partial charge in [0.1, 0.15) is 0 Å². The summed E-state index contributed by atoms with van der Waals surface area (Å²) in [6.45, 7) is 2.58. The number of methoxy groups -OCH3 is 1. The Hall–Kier alpha value is -0.370. The van der Waals surface area contributed by atoms with Gasteiger partial charge in [0.25, 0.3) is 0 Å². The molecular formula is C5H11NO. The van der Waals surface area contributed by atoms with E-state index in [4.69, 9.17) is 4.74 Å². The van der Waals surface area contributed by atoms with Crippen LogP contribution in [0, 0.1) is 0 Å². The molecule has 0 fully saturated rings. The first-order chi connectivity index (χ1) is 3.31. The van der Waals surface area contributed by atoms with Crippen LogP contribution in [-0.2, 0) is 4.74 Å². The summed E-state index contributed by atoms with van der Waals surface area (Å²) in [4.78, 5) is 3.87. The van der Waals surface area contributed by atoms with Gasteiger partial charge in [-0.15, -0.1) is 0 Å². The summed E-state index contributed by atoms with van der Waals surface area (Å²) in [5.41, 5.74) is 1.03. The van der Waals surface area contributed by atoms with Crippen molar-refractivity contribution in [3.05, 3.63) is 0 Å². The first kappa shape index (κ1) is 6.63. The Labute approximate surface area is 44.2 Å². The quantitative estimate of drug-likeness (QED) is 0.470. The normalized spacial score (nSPS) is 12.1. The summed E-state index contributed by atoms with van der Waals surface area (Å²) in [6, 6.07) is 0. The topological polar surface area (TPSA) is 21.6 Å². The van der Waals surface area contributed by atoms with Crippen LogP contribution in [0.1, 0.15) is 6.92 Å². The van der Waals surface area contributed by atoms with Crippen LogP contribution in [0.4, 0.5) is 0 Å². The van der Waals surface area contributed by atoms with Gasteiger partial charge < -0.3 is 4.74 Å². The lowest BCUT2D eigenvalue weighted by Gasteiger charge is -1.92. The number of hydrogen-bond acceptors (Lipinski definition) is 2. The van der Waals surface area contributed by atoms with Gasteiger partial charge in [-0.2, -0.15) is 0 Å². The number of ether oxygens (including phenoxy) is 1. The molecule has 0 aliphatic heterocycles. The van der Waals surface area contributed by atoms with Crippen molar-refractivity contribution >= 4 is 5.71 Å². The van der Waals surface area contributed by atoms with Crippen LogP contribution in [0.15, 0.2) is 4.99 Å². The van der Waals surface area contributed by atoms with Gasteiger partial charge in [0.2, 0.25) is 0 Å². The predicted octanol–water partition coefficient (Wildman–Crippen LogP) is 0.724. The average molecular weight is 101 g/mol. The van der Waals surface area contributed by atoms with Crippen molar-refractivity contribution in [1.82, 2.24) is 0 Å². The van der Waals surface area contributed by atoms with Crippen molar-refractivity contribution in [1.29, 1.82) is 0 Å². The van der Waals surface area contributed by atoms with Crippen LogP contribution in [0.3, 0.4) is 0 Å². The molecule has 0 aromatic heterocycles. The molecule has 0 atom stereocenters. The fraction of sp³-hybridized carbons (Fsp3) is 0.800. The summed E-state index contributed by atoms with van der Waals surface area (Å²) in [6.07, 6.45) is 0. The Bertz CT molecular complexity index is 68.5. The maximum atomic E-state index is 4.76. The van der Waals surface area contributed by atoms with Crippen molar-refractivity contribution in [2.45, 2.75) is 6.92 Å². The molecular weight excluding hydrogens is 90.1 g/mol. The van der Waals surface area contributed by atoms with Crippen LogP contribution in [0.5, 0.6) is 0 Å². The number of aliphatic imine (C=N–C) groups is 1. The third-order valence-electron chi connectivity index (χ3n) is 0.735. The minimum absolute atomic E-state index is 0.649. The molecule has 0 heterocycles. The monoisotopic (exact) mass is 101 g/mol. The zero-order chi connectivity index (χ0) is 5.70. The Morgan fingerprint density at radius 2 is 2.29 bits per heavy atom. The Balaban J connectivity index is 3.17. The summed E-state index contributed by atoms with van der Waals surface area (Å²) < 4.78 is 4.76. The highest BCUT2D eigenvalue weighted by molar-refractivity contribution is 5.82. The van der Waals surface area contributed by atoms with E-state index in [-0.39, 0.29) is 0 Å². The SMILES string of the molecule is C/N=C(/C)COC. The van der Waals surface area contributed by atoms with E-state index in [2.05, 4.69) is 4.99 Å². The van der Waals surface area contributed by atoms with Gasteiger partial charge in [0.05, 0.1) is 6.61 Å². The molecule has 2 nitrogen and oxygen atoms in total. The molecule has 2 heteroatoms. The highest BCUT2D eigenvalue weighted by Gasteiger charge is 1.81. The predicted molar refractivity (Wildman–Crippen MR) is 30.9 cm³/mol. The highest BCUT2D eigenvalue weighted by Crippen LogP contribution is 1.73. The molecule has 0 amide bonds. The van der Waals surface area contributed by atoms with Gasteiger partial charge in [-0.25, -0.2) is 0 Å². The van der Waals surface area contributed by atoms with Crippen LogP contribution in [0.2, 0.25) is 0 Å². The van der Waals surface area contributed by atoms with E-state index in [9.17, 15) is 0 Å². The van der Waals surface area contributed by atoms with Gasteiger partial charge in [-0.05, 0) is 6.92 Å². The van der Waals surface area contributed by atoms with Crippen LogP contribution in [-0.4, -0.2) is 26.5 Å². The molecule has 0 bridgehead atoms. The molecule has 7 heavy (non-hydrogen) atoms. The lowest BCUT2D eigenvalue weighted by Crippen LogP contribution is -1.99. The number of rotatable bonds is 2. The largest absolute Gasteiger partial charge is 0.379 e. The van der Waals surface area contributed by atoms with E-state index >= 15 is 0 Å². The molecule has 0 aromatic rings. The van der Waals surface area contributed by atoms with E-state index in [1.165, 1.54) is 0 Å². The van der Waals surface area contributed by atoms with Crippen molar-refractivity contribution in [3.63, 3.8) is 0 Å². The molecule has 0 aliphatic carbocycles. The minimum atomic E-state index is 0.649. The van der Waals surface area contributed by atoms with E-state index in [1.807, 2.05) is 6.92 Å². The van der Waals surface area contributed by atoms with Gasteiger partial charge in [0, 0.05) is 19.9 Å². The van der Waals surface area contributed by atoms with Crippen LogP contribution >= 0.6 is 0 Å². The minimum Gasteiger partial charge on any atom is -0.379 e. The van der Waals surface area contributed by atoms with Crippen molar-refractivity contribution in [2.75, 3.05) is 20.8 Å². The summed E-state index contributed by atoms with van der Waals surface area (Å²) in [5, 5.41) is 0. The Kier molecular flexibility index (Phi) is 3.61. The zero-order valence-corrected chi connectivity index (χ0v) is 5.06. The maximum Gasteiger partial charge on any atom is 0.0837 e. The molecule has 0 saturated heterocycles. The second-order valence-electron chi connectivity index (χ2n) is 1.39. The van der Waals surface area contributed by atoms with Crippen molar-refractivity contribution < 1.29 is 4.74 Å². The lowest BCUT2D eigenvalue weighted by atomic mass is 10.5. The Morgan fingerprint density at radius 3 is 2.43 bits per heavy atom. The first-order valence-corrected chi connectivity index (χ1v) is 2.22. The molecule has 0 radical (unpaired) electrons. The van der Waals surface area contributed by atoms with E-state index in [0.717, 1.165) is 5.71 Å². The molecule has 0 aromatic carbocycles. The van der Waals surface area contributed by atoms with Gasteiger partial charge in [0.15, 0.2) is 0 Å².